The number of carboxylic acids is 1. The number of aromatic carboxylic acids is 1. The molecule has 0 spiro atoms. The highest BCUT2D eigenvalue weighted by molar-refractivity contribution is 5.95. The Morgan fingerprint density at radius 2 is 1.33 bits per heavy atom. The fraction of sp³-hybridized carbons (Fsp3) is 0.548. The van der Waals surface area contributed by atoms with E-state index >= 15 is 0 Å². The Morgan fingerprint density at radius 3 is 1.92 bits per heavy atom. The normalized spacial score (nSPS) is 15.6. The second-order valence-corrected chi connectivity index (χ2v) is 13.8. The lowest BCUT2D eigenvalue weighted by atomic mass is 9.78. The highest BCUT2D eigenvalue weighted by Gasteiger charge is 2.22. The molecule has 1 aliphatic carbocycles. The lowest BCUT2D eigenvalue weighted by Crippen LogP contribution is -2.14. The first-order chi connectivity index (χ1) is 23.8. The molecule has 4 rings (SSSR count). The Morgan fingerprint density at radius 1 is 0.776 bits per heavy atom. The number of nitro groups is 1. The summed E-state index contributed by atoms with van der Waals surface area (Å²) in [6.07, 6.45) is 23.7. The lowest BCUT2D eigenvalue weighted by molar-refractivity contribution is -0.385. The van der Waals surface area contributed by atoms with Crippen LogP contribution >= 0.6 is 0 Å². The Hall–Kier alpha value is -3.87. The van der Waals surface area contributed by atoms with Gasteiger partial charge in [0.1, 0.15) is 0 Å². The fourth-order valence-electron chi connectivity index (χ4n) is 6.84. The van der Waals surface area contributed by atoms with Crippen LogP contribution in [0.3, 0.4) is 0 Å². The van der Waals surface area contributed by atoms with Crippen molar-refractivity contribution in [2.45, 2.75) is 129 Å². The first-order valence-corrected chi connectivity index (χ1v) is 18.9. The molecule has 1 aliphatic rings. The van der Waals surface area contributed by atoms with Crippen molar-refractivity contribution >= 4 is 17.3 Å². The van der Waals surface area contributed by atoms with Crippen molar-refractivity contribution < 1.29 is 19.6 Å². The molecule has 3 aromatic rings. The van der Waals surface area contributed by atoms with Crippen molar-refractivity contribution in [3.05, 3.63) is 88.0 Å². The van der Waals surface area contributed by atoms with Crippen molar-refractivity contribution in [2.24, 2.45) is 11.8 Å². The molecule has 7 nitrogen and oxygen atoms in total. The molecule has 0 atom stereocenters. The number of ether oxygens (including phenoxy) is 1. The Bertz CT molecular complexity index is 1370. The summed E-state index contributed by atoms with van der Waals surface area (Å²) in [6.45, 7) is 4.81. The van der Waals surface area contributed by atoms with E-state index in [1.807, 2.05) is 0 Å². The van der Waals surface area contributed by atoms with Gasteiger partial charge in [0.05, 0.1) is 22.8 Å². The molecule has 0 amide bonds. The summed E-state index contributed by atoms with van der Waals surface area (Å²) < 4.78 is 5.41. The lowest BCUT2D eigenvalue weighted by Gasteiger charge is -2.28. The van der Waals surface area contributed by atoms with Gasteiger partial charge in [0, 0.05) is 12.1 Å². The molecule has 0 aliphatic heterocycles. The van der Waals surface area contributed by atoms with E-state index in [2.05, 4.69) is 68.4 Å². The summed E-state index contributed by atoms with van der Waals surface area (Å²) >= 11 is 0. The summed E-state index contributed by atoms with van der Waals surface area (Å²) in [5.41, 5.74) is 9.02. The number of nitrogen functional groups attached to an aromatic ring is 1. The van der Waals surface area contributed by atoms with Gasteiger partial charge in [-0.05, 0) is 47.8 Å². The van der Waals surface area contributed by atoms with Crippen molar-refractivity contribution in [3.8, 4) is 16.9 Å². The van der Waals surface area contributed by atoms with Crippen LogP contribution in [0.25, 0.3) is 11.1 Å². The third kappa shape index (κ3) is 14.6. The molecule has 268 valence electrons. The number of nitrogens with two attached hydrogens (primary N) is 1. The number of rotatable bonds is 20. The van der Waals surface area contributed by atoms with Gasteiger partial charge < -0.3 is 15.6 Å². The number of hydrogen-bond acceptors (Lipinski definition) is 5. The van der Waals surface area contributed by atoms with Crippen molar-refractivity contribution in [3.63, 3.8) is 0 Å². The average molecular weight is 673 g/mol. The number of hydrogen-bond donors (Lipinski definition) is 2. The SMILES string of the molecule is CCCCCC1CCC(CCCCc2ccc(-c3ccccc3)cc2)CC1.CCCCCCCCOc1cc(N)c(C(=O)O)cc1[N+](=O)[O-]. The Balaban J connectivity index is 0.000000272. The quantitative estimate of drug-likeness (QED) is 0.0534. The molecule has 0 unspecified atom stereocenters. The second kappa shape index (κ2) is 22.7. The molecule has 0 saturated heterocycles. The zero-order valence-electron chi connectivity index (χ0n) is 30.0. The van der Waals surface area contributed by atoms with Crippen molar-refractivity contribution in [1.29, 1.82) is 0 Å². The maximum absolute atomic E-state index is 11.0. The van der Waals surface area contributed by atoms with Gasteiger partial charge in [-0.25, -0.2) is 4.79 Å². The van der Waals surface area contributed by atoms with Crippen LogP contribution in [0.15, 0.2) is 66.7 Å². The number of nitro benzene ring substituents is 1. The van der Waals surface area contributed by atoms with Crippen molar-refractivity contribution in [1.82, 2.24) is 0 Å². The van der Waals surface area contributed by atoms with Gasteiger partial charge in [-0.15, -0.1) is 0 Å². The minimum absolute atomic E-state index is 0.0149. The van der Waals surface area contributed by atoms with E-state index in [1.54, 1.807) is 0 Å². The molecule has 49 heavy (non-hydrogen) atoms. The van der Waals surface area contributed by atoms with Crippen LogP contribution in [-0.4, -0.2) is 22.6 Å². The molecule has 0 radical (unpaired) electrons. The number of nitrogens with zero attached hydrogens (tertiary/aromatic N) is 1. The standard InChI is InChI=1S/C27H38.C15H22N2O5/c1-2-3-5-10-23-15-17-24(18-16-23)11-8-9-12-25-19-21-27(22-20-25)26-13-6-4-7-14-26;1-2-3-4-5-6-7-8-22-14-10-12(16)11(15(18)19)9-13(14)17(20)21/h4,6-7,13-14,19-24H,2-3,5,8-12,15-18H2,1H3;9-10H,2-8,16H2,1H3,(H,18,19). The Labute approximate surface area is 294 Å². The van der Waals surface area contributed by atoms with Gasteiger partial charge in [0.2, 0.25) is 0 Å². The molecule has 0 aromatic heterocycles. The van der Waals surface area contributed by atoms with E-state index in [1.165, 1.54) is 119 Å². The number of carboxylic acid groups (broad SMARTS) is 1. The van der Waals surface area contributed by atoms with E-state index in [0.29, 0.717) is 6.61 Å². The Kier molecular flexibility index (Phi) is 18.3. The van der Waals surface area contributed by atoms with Gasteiger partial charge in [-0.2, -0.15) is 0 Å². The molecule has 7 heteroatoms. The molecule has 1 fully saturated rings. The predicted molar refractivity (Wildman–Crippen MR) is 202 cm³/mol. The fourth-order valence-corrected chi connectivity index (χ4v) is 6.84. The number of aryl methyl sites for hydroxylation is 1. The highest BCUT2D eigenvalue weighted by atomic mass is 16.6. The molecule has 0 bridgehead atoms. The summed E-state index contributed by atoms with van der Waals surface area (Å²) in [5.74, 6) is 0.785. The largest absolute Gasteiger partial charge is 0.487 e. The monoisotopic (exact) mass is 672 g/mol. The summed E-state index contributed by atoms with van der Waals surface area (Å²) in [6, 6.07) is 22.0. The summed E-state index contributed by atoms with van der Waals surface area (Å²) in [4.78, 5) is 21.3. The third-order valence-electron chi connectivity index (χ3n) is 9.88. The van der Waals surface area contributed by atoms with Crippen LogP contribution in [0.4, 0.5) is 11.4 Å². The number of unbranched alkanes of at least 4 members (excludes halogenated alkanes) is 8. The minimum atomic E-state index is -1.30. The zero-order valence-corrected chi connectivity index (χ0v) is 30.0. The van der Waals surface area contributed by atoms with E-state index in [4.69, 9.17) is 15.6 Å². The van der Waals surface area contributed by atoms with Gasteiger partial charge in [-0.1, -0.05) is 165 Å². The predicted octanol–water partition coefficient (Wildman–Crippen LogP) is 12.1. The minimum Gasteiger partial charge on any atom is -0.487 e. The number of benzene rings is 3. The second-order valence-electron chi connectivity index (χ2n) is 13.8. The van der Waals surface area contributed by atoms with Gasteiger partial charge >= 0.3 is 11.7 Å². The van der Waals surface area contributed by atoms with Crippen molar-refractivity contribution in [2.75, 3.05) is 12.3 Å². The molecule has 1 saturated carbocycles. The summed E-state index contributed by atoms with van der Waals surface area (Å²) in [5, 5.41) is 19.9. The van der Waals surface area contributed by atoms with Gasteiger partial charge in [0.15, 0.2) is 5.75 Å². The number of carbonyl (C=O) groups is 1. The zero-order chi connectivity index (χ0) is 35.3. The van der Waals surface area contributed by atoms with Crippen LogP contribution < -0.4 is 10.5 Å². The maximum Gasteiger partial charge on any atom is 0.338 e. The smallest absolute Gasteiger partial charge is 0.338 e. The van der Waals surface area contributed by atoms with E-state index in [0.717, 1.165) is 37.2 Å². The molecular formula is C42H60N2O5. The number of anilines is 1. The van der Waals surface area contributed by atoms with Crippen LogP contribution in [0.5, 0.6) is 5.75 Å². The van der Waals surface area contributed by atoms with Crippen LogP contribution in [0.1, 0.15) is 139 Å². The van der Waals surface area contributed by atoms with Crippen LogP contribution in [0.2, 0.25) is 0 Å². The van der Waals surface area contributed by atoms with Gasteiger partial charge in [-0.3, -0.25) is 10.1 Å². The highest BCUT2D eigenvalue weighted by Crippen LogP contribution is 2.35. The first kappa shape index (κ1) is 39.6. The molecule has 3 N–H and O–H groups in total. The summed E-state index contributed by atoms with van der Waals surface area (Å²) in [7, 11) is 0. The maximum atomic E-state index is 11.0. The third-order valence-corrected chi connectivity index (χ3v) is 9.88. The van der Waals surface area contributed by atoms with E-state index in [-0.39, 0.29) is 22.7 Å². The molecule has 0 heterocycles. The average Bonchev–Trinajstić information content (AvgIpc) is 3.11. The molecule has 3 aromatic carbocycles. The first-order valence-electron chi connectivity index (χ1n) is 18.9. The van der Waals surface area contributed by atoms with Gasteiger partial charge in [0.25, 0.3) is 0 Å². The van der Waals surface area contributed by atoms with Crippen LogP contribution in [-0.2, 0) is 6.42 Å². The van der Waals surface area contributed by atoms with Crippen LogP contribution in [0, 0.1) is 22.0 Å². The van der Waals surface area contributed by atoms with E-state index in [9.17, 15) is 14.9 Å². The topological polar surface area (TPSA) is 116 Å². The van der Waals surface area contributed by atoms with E-state index < -0.39 is 10.9 Å². The molecular weight excluding hydrogens is 612 g/mol.